The highest BCUT2D eigenvalue weighted by Crippen LogP contribution is 2.28. The Morgan fingerprint density at radius 1 is 1.39 bits per heavy atom. The molecule has 1 N–H and O–H groups in total. The number of amides is 1. The van der Waals surface area contributed by atoms with Gasteiger partial charge in [-0.25, -0.2) is 4.79 Å². The summed E-state index contributed by atoms with van der Waals surface area (Å²) in [5.41, 5.74) is 0.209. The Bertz CT molecular complexity index is 590. The van der Waals surface area contributed by atoms with Crippen molar-refractivity contribution in [2.45, 2.75) is 25.4 Å². The minimum Gasteiger partial charge on any atom is -0.474 e. The molecule has 1 aliphatic heterocycles. The Hall–Kier alpha value is -2.36. The van der Waals surface area contributed by atoms with E-state index in [-0.39, 0.29) is 18.9 Å². The highest BCUT2D eigenvalue weighted by Gasteiger charge is 2.37. The number of halogens is 3. The molecule has 0 saturated carbocycles. The van der Waals surface area contributed by atoms with Crippen LogP contribution in [0.5, 0.6) is 5.75 Å². The Morgan fingerprint density at radius 3 is 2.61 bits per heavy atom. The predicted octanol–water partition coefficient (Wildman–Crippen LogP) is 1.35. The lowest BCUT2D eigenvalue weighted by molar-refractivity contribution is -0.274. The number of morpholine rings is 1. The van der Waals surface area contributed by atoms with Crippen LogP contribution in [-0.4, -0.2) is 52.5 Å². The quantitative estimate of drug-likeness (QED) is 0.822. The van der Waals surface area contributed by atoms with Crippen LogP contribution in [0.4, 0.5) is 13.2 Å². The maximum Gasteiger partial charge on any atom is 0.573 e. The molecule has 0 aliphatic carbocycles. The van der Waals surface area contributed by atoms with Gasteiger partial charge in [-0.3, -0.25) is 9.78 Å². The van der Waals surface area contributed by atoms with Gasteiger partial charge in [-0.15, -0.1) is 13.2 Å². The third-order valence-electron chi connectivity index (χ3n) is 3.20. The molecule has 0 aromatic carbocycles. The summed E-state index contributed by atoms with van der Waals surface area (Å²) in [5, 5.41) is 8.89. The van der Waals surface area contributed by atoms with Crippen molar-refractivity contribution in [3.8, 4) is 5.75 Å². The number of carbonyl (C=O) groups is 2. The normalized spacial score (nSPS) is 21.8. The van der Waals surface area contributed by atoms with E-state index in [0.29, 0.717) is 0 Å². The highest BCUT2D eigenvalue weighted by atomic mass is 19.4. The molecule has 1 aromatic rings. The van der Waals surface area contributed by atoms with Gasteiger partial charge >= 0.3 is 18.2 Å². The van der Waals surface area contributed by atoms with E-state index >= 15 is 0 Å². The molecule has 0 bridgehead atoms. The van der Waals surface area contributed by atoms with Crippen molar-refractivity contribution in [2.75, 3.05) is 13.2 Å². The third-order valence-corrected chi connectivity index (χ3v) is 3.20. The number of rotatable bonds is 2. The van der Waals surface area contributed by atoms with E-state index in [4.69, 9.17) is 9.84 Å². The summed E-state index contributed by atoms with van der Waals surface area (Å²) in [6, 6.07) is 0.959. The molecule has 0 radical (unpaired) electrons. The summed E-state index contributed by atoms with van der Waals surface area (Å²) < 4.78 is 45.3. The van der Waals surface area contributed by atoms with Gasteiger partial charge in [0, 0.05) is 0 Å². The zero-order valence-corrected chi connectivity index (χ0v) is 11.9. The van der Waals surface area contributed by atoms with E-state index in [1.165, 1.54) is 6.07 Å². The first-order valence-electron chi connectivity index (χ1n) is 6.54. The lowest BCUT2D eigenvalue weighted by Crippen LogP contribution is -2.51. The standard InChI is InChI=1S/C13H13F3N2O5/c1-7-5-22-6-10(18(7)11(19)12(20)21)9-3-2-8(4-17-9)23-13(14,15)16/h2-4,7,10H,5-6H2,1H3,(H,20,21). The summed E-state index contributed by atoms with van der Waals surface area (Å²) in [6.07, 6.45) is -3.98. The molecule has 2 unspecified atom stereocenters. The Balaban J connectivity index is 2.24. The van der Waals surface area contributed by atoms with Crippen molar-refractivity contribution in [3.63, 3.8) is 0 Å². The van der Waals surface area contributed by atoms with Gasteiger partial charge in [0.05, 0.1) is 37.2 Å². The number of pyridine rings is 1. The Labute approximate surface area is 128 Å². The van der Waals surface area contributed by atoms with Crippen LogP contribution in [0, 0.1) is 0 Å². The fraction of sp³-hybridized carbons (Fsp3) is 0.462. The average molecular weight is 334 g/mol. The van der Waals surface area contributed by atoms with E-state index < -0.39 is 36.1 Å². The van der Waals surface area contributed by atoms with Crippen molar-refractivity contribution in [1.82, 2.24) is 9.88 Å². The van der Waals surface area contributed by atoms with Crippen LogP contribution < -0.4 is 4.74 Å². The van der Waals surface area contributed by atoms with Crippen LogP contribution in [0.15, 0.2) is 18.3 Å². The summed E-state index contributed by atoms with van der Waals surface area (Å²) >= 11 is 0. The van der Waals surface area contributed by atoms with Gasteiger partial charge in [0.15, 0.2) is 0 Å². The predicted molar refractivity (Wildman–Crippen MR) is 68.4 cm³/mol. The number of hydrogen-bond acceptors (Lipinski definition) is 5. The second-order valence-electron chi connectivity index (χ2n) is 4.89. The molecular formula is C13H13F3N2O5. The summed E-state index contributed by atoms with van der Waals surface area (Å²) in [5.74, 6) is -3.26. The molecule has 2 atom stereocenters. The highest BCUT2D eigenvalue weighted by molar-refractivity contribution is 6.31. The number of alkyl halides is 3. The summed E-state index contributed by atoms with van der Waals surface area (Å²) in [7, 11) is 0. The van der Waals surface area contributed by atoms with E-state index in [1.54, 1.807) is 6.92 Å². The van der Waals surface area contributed by atoms with Crippen molar-refractivity contribution >= 4 is 11.9 Å². The molecule has 7 nitrogen and oxygen atoms in total. The molecule has 23 heavy (non-hydrogen) atoms. The summed E-state index contributed by atoms with van der Waals surface area (Å²) in [4.78, 5) is 27.7. The molecule has 2 rings (SSSR count). The van der Waals surface area contributed by atoms with Gasteiger partial charge in [-0.2, -0.15) is 0 Å². The average Bonchev–Trinajstić information content (AvgIpc) is 2.45. The van der Waals surface area contributed by atoms with E-state index in [0.717, 1.165) is 17.2 Å². The molecule has 126 valence electrons. The van der Waals surface area contributed by atoms with Gasteiger partial charge in [-0.1, -0.05) is 0 Å². The number of nitrogens with zero attached hydrogens (tertiary/aromatic N) is 2. The maximum atomic E-state index is 12.1. The molecule has 0 spiro atoms. The molecule has 1 aliphatic rings. The molecule has 2 heterocycles. The van der Waals surface area contributed by atoms with Crippen LogP contribution in [0.3, 0.4) is 0 Å². The molecular weight excluding hydrogens is 321 g/mol. The van der Waals surface area contributed by atoms with Gasteiger partial charge in [0.2, 0.25) is 0 Å². The van der Waals surface area contributed by atoms with Crippen LogP contribution in [-0.2, 0) is 14.3 Å². The van der Waals surface area contributed by atoms with Crippen LogP contribution in [0.1, 0.15) is 18.7 Å². The number of aliphatic carboxylic acids is 1. The number of ether oxygens (including phenoxy) is 2. The molecule has 1 fully saturated rings. The smallest absolute Gasteiger partial charge is 0.474 e. The SMILES string of the molecule is CC1COCC(c2ccc(OC(F)(F)F)cn2)N1C(=O)C(=O)O. The topological polar surface area (TPSA) is 89.0 Å². The van der Waals surface area contributed by atoms with Crippen molar-refractivity contribution < 1.29 is 37.3 Å². The molecule has 1 aromatic heterocycles. The zero-order valence-electron chi connectivity index (χ0n) is 11.9. The van der Waals surface area contributed by atoms with Crippen LogP contribution >= 0.6 is 0 Å². The lowest BCUT2D eigenvalue weighted by atomic mass is 10.1. The maximum absolute atomic E-state index is 12.1. The van der Waals surface area contributed by atoms with Crippen LogP contribution in [0.2, 0.25) is 0 Å². The van der Waals surface area contributed by atoms with Crippen molar-refractivity contribution in [3.05, 3.63) is 24.0 Å². The number of carboxylic acid groups (broad SMARTS) is 1. The molecule has 1 saturated heterocycles. The first kappa shape index (κ1) is 17.0. The molecule has 10 heteroatoms. The first-order valence-corrected chi connectivity index (χ1v) is 6.54. The minimum absolute atomic E-state index is 0.00413. The minimum atomic E-state index is -4.84. The van der Waals surface area contributed by atoms with Gasteiger partial charge in [0.1, 0.15) is 5.75 Å². The number of hydrogen-bond donors (Lipinski definition) is 1. The van der Waals surface area contributed by atoms with Gasteiger partial charge in [0.25, 0.3) is 0 Å². The molecule has 1 amide bonds. The Kier molecular flexibility index (Phi) is 4.73. The fourth-order valence-electron chi connectivity index (χ4n) is 2.28. The fourth-order valence-corrected chi connectivity index (χ4v) is 2.28. The largest absolute Gasteiger partial charge is 0.573 e. The Morgan fingerprint density at radius 2 is 2.09 bits per heavy atom. The van der Waals surface area contributed by atoms with E-state index in [2.05, 4.69) is 9.72 Å². The number of aromatic nitrogens is 1. The van der Waals surface area contributed by atoms with E-state index in [9.17, 15) is 22.8 Å². The van der Waals surface area contributed by atoms with Gasteiger partial charge in [-0.05, 0) is 19.1 Å². The monoisotopic (exact) mass is 334 g/mol. The lowest BCUT2D eigenvalue weighted by Gasteiger charge is -2.39. The number of carbonyl (C=O) groups excluding carboxylic acids is 1. The summed E-state index contributed by atoms with van der Waals surface area (Å²) in [6.45, 7) is 1.76. The van der Waals surface area contributed by atoms with Crippen molar-refractivity contribution in [1.29, 1.82) is 0 Å². The first-order chi connectivity index (χ1) is 10.7. The number of carboxylic acids is 1. The second kappa shape index (κ2) is 6.41. The van der Waals surface area contributed by atoms with Crippen molar-refractivity contribution in [2.24, 2.45) is 0 Å². The van der Waals surface area contributed by atoms with Gasteiger partial charge < -0.3 is 19.5 Å². The van der Waals surface area contributed by atoms with Crippen LogP contribution in [0.25, 0.3) is 0 Å². The zero-order chi connectivity index (χ0) is 17.2. The third kappa shape index (κ3) is 4.09. The second-order valence-corrected chi connectivity index (χ2v) is 4.89. The van der Waals surface area contributed by atoms with E-state index in [1.807, 2.05) is 0 Å².